The van der Waals surface area contributed by atoms with Crippen molar-refractivity contribution in [1.82, 2.24) is 10.2 Å². The van der Waals surface area contributed by atoms with E-state index in [4.69, 9.17) is 4.74 Å². The van der Waals surface area contributed by atoms with Gasteiger partial charge in [-0.15, -0.1) is 0 Å². The second kappa shape index (κ2) is 8.76. The van der Waals surface area contributed by atoms with Gasteiger partial charge in [-0.25, -0.2) is 0 Å². The molecular weight excluding hydrogens is 424 g/mol. The predicted molar refractivity (Wildman–Crippen MR) is 115 cm³/mol. The molecule has 2 aromatic carbocycles. The number of amides is 4. The van der Waals surface area contributed by atoms with Crippen molar-refractivity contribution in [2.75, 3.05) is 13.2 Å². The number of benzene rings is 2. The van der Waals surface area contributed by atoms with Gasteiger partial charge in [-0.3, -0.25) is 29.4 Å². The summed E-state index contributed by atoms with van der Waals surface area (Å²) in [5.74, 6) is -0.0660. The van der Waals surface area contributed by atoms with E-state index in [-0.39, 0.29) is 29.5 Å². The van der Waals surface area contributed by atoms with E-state index in [1.54, 1.807) is 30.3 Å². The number of carbonyl (C=O) groups is 4. The number of rotatable bonds is 6. The Hall–Kier alpha value is -3.04. The molecule has 1 N–H and O–H groups in total. The van der Waals surface area contributed by atoms with Crippen molar-refractivity contribution in [3.8, 4) is 5.75 Å². The molecule has 1 unspecified atom stereocenters. The second-order valence-corrected chi connectivity index (χ2v) is 8.51. The van der Waals surface area contributed by atoms with E-state index in [0.29, 0.717) is 10.7 Å². The monoisotopic (exact) mass is 440 g/mol. The van der Waals surface area contributed by atoms with Gasteiger partial charge in [-0.05, 0) is 52.9 Å². The molecule has 0 aromatic heterocycles. The van der Waals surface area contributed by atoms with Gasteiger partial charge in [0.15, 0.2) is 0 Å². The average Bonchev–Trinajstić information content (AvgIpc) is 3.21. The van der Waals surface area contributed by atoms with Crippen molar-refractivity contribution in [1.29, 1.82) is 0 Å². The predicted octanol–water partition coefficient (Wildman–Crippen LogP) is 3.83. The molecule has 2 heterocycles. The molecule has 0 spiro atoms. The fourth-order valence-electron chi connectivity index (χ4n) is 2.97. The fourth-order valence-corrected chi connectivity index (χ4v) is 4.69. The zero-order valence-electron chi connectivity index (χ0n) is 15.6. The van der Waals surface area contributed by atoms with Crippen LogP contribution >= 0.6 is 23.5 Å². The number of carbonyl (C=O) groups excluding carboxylic acids is 4. The van der Waals surface area contributed by atoms with Gasteiger partial charge in [0.05, 0.1) is 11.4 Å². The first-order chi connectivity index (χ1) is 14.5. The first kappa shape index (κ1) is 20.2. The second-order valence-electron chi connectivity index (χ2n) is 6.43. The Morgan fingerprint density at radius 2 is 1.73 bits per heavy atom. The number of hydrogen-bond donors (Lipinski definition) is 1. The summed E-state index contributed by atoms with van der Waals surface area (Å²) < 4.78 is 5.65. The highest BCUT2D eigenvalue weighted by molar-refractivity contribution is 8.18. The largest absolute Gasteiger partial charge is 0.492 e. The normalized spacial score (nSPS) is 20.2. The number of thioether (sulfide) groups is 2. The van der Waals surface area contributed by atoms with Crippen LogP contribution < -0.4 is 10.1 Å². The van der Waals surface area contributed by atoms with Gasteiger partial charge in [-0.2, -0.15) is 0 Å². The SMILES string of the molecule is O=C1NC(=O)/C(=C/c2ccc(OCCN3C(=O)SC(c4ccccc4)C3=O)cc2)S1. The Morgan fingerprint density at radius 3 is 2.40 bits per heavy atom. The van der Waals surface area contributed by atoms with Crippen LogP contribution in [-0.4, -0.2) is 40.3 Å². The molecule has 2 aliphatic rings. The van der Waals surface area contributed by atoms with Crippen LogP contribution in [0.3, 0.4) is 0 Å². The zero-order valence-corrected chi connectivity index (χ0v) is 17.2. The van der Waals surface area contributed by atoms with Crippen molar-refractivity contribution in [3.63, 3.8) is 0 Å². The molecule has 7 nitrogen and oxygen atoms in total. The maximum Gasteiger partial charge on any atom is 0.290 e. The third-order valence-corrected chi connectivity index (χ3v) is 6.38. The Kier molecular flexibility index (Phi) is 5.91. The highest BCUT2D eigenvalue weighted by atomic mass is 32.2. The molecule has 0 aliphatic carbocycles. The number of nitrogens with zero attached hydrogens (tertiary/aromatic N) is 1. The number of hydrogen-bond acceptors (Lipinski definition) is 7. The van der Waals surface area contributed by atoms with Gasteiger partial charge in [-0.1, -0.05) is 42.5 Å². The third kappa shape index (κ3) is 4.42. The van der Waals surface area contributed by atoms with E-state index in [9.17, 15) is 19.2 Å². The minimum absolute atomic E-state index is 0.165. The molecule has 0 saturated carbocycles. The van der Waals surface area contributed by atoms with Crippen molar-refractivity contribution in [2.24, 2.45) is 0 Å². The molecule has 2 fully saturated rings. The first-order valence-corrected chi connectivity index (χ1v) is 10.8. The molecule has 9 heteroatoms. The maximum atomic E-state index is 12.6. The van der Waals surface area contributed by atoms with E-state index >= 15 is 0 Å². The summed E-state index contributed by atoms with van der Waals surface area (Å²) in [4.78, 5) is 49.1. The van der Waals surface area contributed by atoms with Gasteiger partial charge in [0.1, 0.15) is 17.6 Å². The Morgan fingerprint density at radius 1 is 1.00 bits per heavy atom. The van der Waals surface area contributed by atoms with Crippen LogP contribution in [0.25, 0.3) is 6.08 Å². The summed E-state index contributed by atoms with van der Waals surface area (Å²) in [5.41, 5.74) is 1.56. The minimum atomic E-state index is -0.511. The Balaban J connectivity index is 1.32. The third-order valence-electron chi connectivity index (χ3n) is 4.44. The molecule has 2 saturated heterocycles. The highest BCUT2D eigenvalue weighted by Gasteiger charge is 2.40. The van der Waals surface area contributed by atoms with Crippen LogP contribution in [0.15, 0.2) is 59.5 Å². The van der Waals surface area contributed by atoms with Crippen molar-refractivity contribution < 1.29 is 23.9 Å². The quantitative estimate of drug-likeness (QED) is 0.683. The molecule has 30 heavy (non-hydrogen) atoms. The molecule has 4 amide bonds. The van der Waals surface area contributed by atoms with E-state index in [1.807, 2.05) is 30.3 Å². The van der Waals surface area contributed by atoms with Gasteiger partial charge < -0.3 is 4.74 Å². The number of nitrogens with one attached hydrogen (secondary N) is 1. The molecule has 2 aromatic rings. The molecule has 1 atom stereocenters. The summed E-state index contributed by atoms with van der Waals surface area (Å²) in [6.45, 7) is 0.339. The lowest BCUT2D eigenvalue weighted by Crippen LogP contribution is -2.33. The van der Waals surface area contributed by atoms with Crippen molar-refractivity contribution in [3.05, 3.63) is 70.6 Å². The maximum absolute atomic E-state index is 12.6. The van der Waals surface area contributed by atoms with Crippen LogP contribution in [0.4, 0.5) is 9.59 Å². The van der Waals surface area contributed by atoms with Crippen LogP contribution in [0.2, 0.25) is 0 Å². The highest BCUT2D eigenvalue weighted by Crippen LogP contribution is 2.38. The summed E-state index contributed by atoms with van der Waals surface area (Å²) in [6.07, 6.45) is 1.62. The number of ether oxygens (including phenoxy) is 1. The van der Waals surface area contributed by atoms with E-state index < -0.39 is 11.2 Å². The molecule has 0 bridgehead atoms. The lowest BCUT2D eigenvalue weighted by atomic mass is 10.1. The van der Waals surface area contributed by atoms with E-state index in [0.717, 1.165) is 34.7 Å². The van der Waals surface area contributed by atoms with Crippen LogP contribution in [0.1, 0.15) is 16.4 Å². The lowest BCUT2D eigenvalue weighted by molar-refractivity contribution is -0.127. The van der Waals surface area contributed by atoms with E-state index in [2.05, 4.69) is 5.32 Å². The average molecular weight is 441 g/mol. The first-order valence-electron chi connectivity index (χ1n) is 9.06. The molecule has 0 radical (unpaired) electrons. The molecule has 2 aliphatic heterocycles. The lowest BCUT2D eigenvalue weighted by Gasteiger charge is -2.14. The van der Waals surface area contributed by atoms with Crippen LogP contribution in [0.5, 0.6) is 5.75 Å². The Labute approximate surface area is 180 Å². The molecule has 152 valence electrons. The minimum Gasteiger partial charge on any atom is -0.492 e. The van der Waals surface area contributed by atoms with E-state index in [1.165, 1.54) is 4.90 Å². The summed E-state index contributed by atoms with van der Waals surface area (Å²) >= 11 is 1.87. The van der Waals surface area contributed by atoms with Crippen LogP contribution in [-0.2, 0) is 9.59 Å². The van der Waals surface area contributed by atoms with Gasteiger partial charge in [0, 0.05) is 0 Å². The Bertz CT molecular complexity index is 1040. The van der Waals surface area contributed by atoms with Gasteiger partial charge in [0.2, 0.25) is 5.91 Å². The molecule has 4 rings (SSSR count). The topological polar surface area (TPSA) is 92.8 Å². The fraction of sp³-hybridized carbons (Fsp3) is 0.143. The zero-order chi connectivity index (χ0) is 21.1. The van der Waals surface area contributed by atoms with Crippen LogP contribution in [0, 0.1) is 0 Å². The molecular formula is C21H16N2O5S2. The summed E-state index contributed by atoms with van der Waals surface area (Å²) in [6, 6.07) is 16.2. The smallest absolute Gasteiger partial charge is 0.290 e. The van der Waals surface area contributed by atoms with Gasteiger partial charge in [0.25, 0.3) is 16.4 Å². The van der Waals surface area contributed by atoms with Crippen molar-refractivity contribution >= 4 is 51.9 Å². The van der Waals surface area contributed by atoms with Crippen molar-refractivity contribution in [2.45, 2.75) is 5.25 Å². The summed E-state index contributed by atoms with van der Waals surface area (Å²) in [7, 11) is 0. The standard InChI is InChI=1S/C21H16N2O5S2/c24-18-16(29-20(26)22-18)12-13-6-8-15(9-7-13)28-11-10-23-19(25)17(30-21(23)27)14-4-2-1-3-5-14/h1-9,12,17H,10-11H2,(H,22,24,26)/b16-12-. The number of imide groups is 2. The van der Waals surface area contributed by atoms with Gasteiger partial charge >= 0.3 is 0 Å². The summed E-state index contributed by atoms with van der Waals surface area (Å²) in [5, 5.41) is 1.03.